The van der Waals surface area contributed by atoms with Gasteiger partial charge < -0.3 is 24.9 Å². The minimum atomic E-state index is -5.76. The van der Waals surface area contributed by atoms with Gasteiger partial charge in [-0.05, 0) is 65.8 Å². The number of thiophene rings is 1. The van der Waals surface area contributed by atoms with E-state index in [-0.39, 0.29) is 22.1 Å². The number of likely N-dealkylation sites (tertiary alicyclic amines) is 1. The maximum Gasteiger partial charge on any atom is 0.399 e. The van der Waals surface area contributed by atoms with E-state index >= 15 is 0 Å². The zero-order chi connectivity index (χ0) is 32.0. The Kier molecular flexibility index (Phi) is 8.76. The summed E-state index contributed by atoms with van der Waals surface area (Å²) in [5.41, 5.74) is -3.63. The molecule has 0 spiro atoms. The molecular weight excluding hydrogens is 611 g/mol. The summed E-state index contributed by atoms with van der Waals surface area (Å²) in [6.07, 6.45) is 2.91. The van der Waals surface area contributed by atoms with Crippen LogP contribution in [0.25, 0.3) is 10.1 Å². The van der Waals surface area contributed by atoms with Gasteiger partial charge in [0.1, 0.15) is 12.1 Å². The second-order valence-corrected chi connectivity index (χ2v) is 15.3. The number of alkyl halides is 2. The Morgan fingerprint density at radius 1 is 1.02 bits per heavy atom. The van der Waals surface area contributed by atoms with E-state index in [4.69, 9.17) is 9.79 Å². The summed E-state index contributed by atoms with van der Waals surface area (Å²) < 4.78 is 40.4. The summed E-state index contributed by atoms with van der Waals surface area (Å²) in [5.74, 6) is -1.05. The van der Waals surface area contributed by atoms with Gasteiger partial charge in [0.2, 0.25) is 11.8 Å². The molecule has 0 bridgehead atoms. The third kappa shape index (κ3) is 6.31. The van der Waals surface area contributed by atoms with E-state index in [2.05, 4.69) is 11.4 Å². The molecule has 0 saturated carbocycles. The lowest BCUT2D eigenvalue weighted by atomic mass is 9.85. The Balaban J connectivity index is 1.35. The molecule has 3 heterocycles. The molecule has 0 radical (unpaired) electrons. The number of amides is 3. The van der Waals surface area contributed by atoms with Gasteiger partial charge in [-0.1, -0.05) is 51.1 Å². The van der Waals surface area contributed by atoms with Gasteiger partial charge in [-0.25, -0.2) is 0 Å². The maximum atomic E-state index is 14.3. The average Bonchev–Trinajstić information content (AvgIpc) is 3.56. The standard InChI is InChI=1S/C31H36F2N3O6PS/c1-30(2,3)26(34-27(37)25-17-21-16-22(12-13-24(21)44-25)31(32,33)43(40,41)42)29(39)36-15-7-11-23(36)28(38)35-14-6-10-19-8-4-5-9-20(19)18-35/h4-5,8-9,12-13,16-17,23,26H,6-7,10-11,14-15,18H2,1-3H3,(H,34,37)(H2,40,41,42). The van der Waals surface area contributed by atoms with Gasteiger partial charge in [0, 0.05) is 29.9 Å². The third-order valence-corrected chi connectivity index (χ3v) is 10.4. The highest BCUT2D eigenvalue weighted by atomic mass is 32.1. The van der Waals surface area contributed by atoms with Crippen LogP contribution in [0.3, 0.4) is 0 Å². The van der Waals surface area contributed by atoms with Crippen LogP contribution >= 0.6 is 18.9 Å². The van der Waals surface area contributed by atoms with Gasteiger partial charge in [0.05, 0.1) is 4.88 Å². The van der Waals surface area contributed by atoms with Crippen molar-refractivity contribution in [1.82, 2.24) is 15.1 Å². The molecule has 5 rings (SSSR count). The molecule has 1 saturated heterocycles. The lowest BCUT2D eigenvalue weighted by Gasteiger charge is -2.36. The van der Waals surface area contributed by atoms with Crippen LogP contribution in [-0.2, 0) is 32.8 Å². The fourth-order valence-corrected chi connectivity index (χ4v) is 7.34. The van der Waals surface area contributed by atoms with Crippen molar-refractivity contribution in [3.05, 3.63) is 70.1 Å². The topological polar surface area (TPSA) is 127 Å². The molecule has 0 aliphatic carbocycles. The molecule has 3 amide bonds. The quantitative estimate of drug-likeness (QED) is 0.314. The highest BCUT2D eigenvalue weighted by Gasteiger charge is 2.50. The third-order valence-electron chi connectivity index (χ3n) is 8.33. The number of benzene rings is 2. The maximum absolute atomic E-state index is 14.3. The molecule has 1 fully saturated rings. The molecule has 2 aliphatic rings. The highest BCUT2D eigenvalue weighted by molar-refractivity contribution is 7.52. The van der Waals surface area contributed by atoms with Crippen LogP contribution in [-0.4, -0.2) is 62.5 Å². The van der Waals surface area contributed by atoms with Crippen LogP contribution in [0, 0.1) is 5.41 Å². The number of nitrogens with one attached hydrogen (secondary N) is 1. The summed E-state index contributed by atoms with van der Waals surface area (Å²) in [5, 5.41) is 3.04. The van der Waals surface area contributed by atoms with Crippen LogP contribution in [0.4, 0.5) is 8.78 Å². The molecule has 2 aromatic carbocycles. The number of rotatable bonds is 6. The van der Waals surface area contributed by atoms with E-state index < -0.39 is 42.2 Å². The lowest BCUT2D eigenvalue weighted by molar-refractivity contribution is -0.146. The lowest BCUT2D eigenvalue weighted by Crippen LogP contribution is -2.57. The van der Waals surface area contributed by atoms with Crippen molar-refractivity contribution in [2.24, 2.45) is 5.41 Å². The first-order chi connectivity index (χ1) is 20.6. The van der Waals surface area contributed by atoms with Crippen LogP contribution in [0.5, 0.6) is 0 Å². The van der Waals surface area contributed by atoms with Crippen molar-refractivity contribution in [2.75, 3.05) is 13.1 Å². The summed E-state index contributed by atoms with van der Waals surface area (Å²) in [6, 6.07) is 11.0. The average molecular weight is 648 g/mol. The van der Waals surface area contributed by atoms with Gasteiger partial charge in [-0.15, -0.1) is 11.3 Å². The zero-order valence-electron chi connectivity index (χ0n) is 24.8. The first-order valence-electron chi connectivity index (χ1n) is 14.5. The largest absolute Gasteiger partial charge is 0.399 e. The molecule has 9 nitrogen and oxygen atoms in total. The molecule has 1 aromatic heterocycles. The fourth-order valence-electron chi connectivity index (χ4n) is 5.91. The Labute approximate surface area is 258 Å². The SMILES string of the molecule is CC(C)(C)C(NC(=O)c1cc2cc(C(F)(F)P(=O)(O)O)ccc2s1)C(=O)N1CCCC1C(=O)N1CCCc2ccccc2C1. The van der Waals surface area contributed by atoms with Gasteiger partial charge >= 0.3 is 13.3 Å². The van der Waals surface area contributed by atoms with E-state index in [1.807, 2.05) is 43.9 Å². The van der Waals surface area contributed by atoms with Crippen molar-refractivity contribution in [2.45, 2.75) is 70.7 Å². The minimum absolute atomic E-state index is 0.0982. The normalized spacial score (nSPS) is 18.6. The number of carbonyl (C=O) groups is 3. The zero-order valence-corrected chi connectivity index (χ0v) is 26.5. The molecule has 3 aromatic rings. The van der Waals surface area contributed by atoms with Crippen molar-refractivity contribution >= 4 is 46.7 Å². The summed E-state index contributed by atoms with van der Waals surface area (Å²) in [7, 11) is -5.76. The Morgan fingerprint density at radius 2 is 1.73 bits per heavy atom. The molecule has 44 heavy (non-hydrogen) atoms. The molecule has 2 aliphatic heterocycles. The Bertz CT molecular complexity index is 1650. The van der Waals surface area contributed by atoms with Gasteiger partial charge in [-0.2, -0.15) is 8.78 Å². The number of nitrogens with zero attached hydrogens (tertiary/aromatic N) is 2. The molecule has 236 valence electrons. The highest BCUT2D eigenvalue weighted by Crippen LogP contribution is 2.59. The van der Waals surface area contributed by atoms with Crippen molar-refractivity contribution in [1.29, 1.82) is 0 Å². The van der Waals surface area contributed by atoms with E-state index in [0.29, 0.717) is 37.2 Å². The molecule has 2 atom stereocenters. The van der Waals surface area contributed by atoms with Gasteiger partial charge in [-0.3, -0.25) is 18.9 Å². The van der Waals surface area contributed by atoms with Crippen LogP contribution in [0.2, 0.25) is 0 Å². The van der Waals surface area contributed by atoms with Gasteiger partial charge in [0.25, 0.3) is 5.91 Å². The minimum Gasteiger partial charge on any atom is -0.339 e. The number of hydrogen-bond acceptors (Lipinski definition) is 5. The van der Waals surface area contributed by atoms with E-state index in [1.54, 1.807) is 4.90 Å². The molecule has 3 N–H and O–H groups in total. The summed E-state index contributed by atoms with van der Waals surface area (Å²) >= 11 is 1.01. The second kappa shape index (κ2) is 12.0. The van der Waals surface area contributed by atoms with Crippen LogP contribution < -0.4 is 5.32 Å². The monoisotopic (exact) mass is 647 g/mol. The second-order valence-electron chi connectivity index (χ2n) is 12.5. The number of carbonyl (C=O) groups excluding carboxylic acids is 3. The van der Waals surface area contributed by atoms with Gasteiger partial charge in [0.15, 0.2) is 0 Å². The number of hydrogen-bond donors (Lipinski definition) is 3. The number of halogens is 2. The number of aryl methyl sites for hydroxylation is 1. The van der Waals surface area contributed by atoms with Crippen molar-refractivity contribution < 1.29 is 37.5 Å². The predicted octanol–water partition coefficient (Wildman–Crippen LogP) is 5.24. The Morgan fingerprint density at radius 3 is 2.41 bits per heavy atom. The predicted molar refractivity (Wildman–Crippen MR) is 163 cm³/mol. The first-order valence-corrected chi connectivity index (χ1v) is 17.0. The van der Waals surface area contributed by atoms with Crippen molar-refractivity contribution in [3.8, 4) is 0 Å². The van der Waals surface area contributed by atoms with Crippen molar-refractivity contribution in [3.63, 3.8) is 0 Å². The smallest absolute Gasteiger partial charge is 0.339 e. The number of fused-ring (bicyclic) bond motifs is 2. The van der Waals surface area contributed by atoms with E-state index in [9.17, 15) is 27.7 Å². The molecular formula is C31H36F2N3O6PS. The molecule has 2 unspecified atom stereocenters. The van der Waals surface area contributed by atoms with Crippen LogP contribution in [0.15, 0.2) is 48.5 Å². The van der Waals surface area contributed by atoms with E-state index in [0.717, 1.165) is 41.9 Å². The molecule has 13 heteroatoms. The van der Waals surface area contributed by atoms with E-state index in [1.165, 1.54) is 17.7 Å². The first kappa shape index (κ1) is 32.2. The van der Waals surface area contributed by atoms with Crippen LogP contribution in [0.1, 0.15) is 66.4 Å². The Hall–Kier alpha value is -3.18. The fraction of sp³-hybridized carbons (Fsp3) is 0.452. The summed E-state index contributed by atoms with van der Waals surface area (Å²) in [6.45, 7) is 6.92. The summed E-state index contributed by atoms with van der Waals surface area (Å²) in [4.78, 5) is 63.0.